The van der Waals surface area contributed by atoms with Crippen molar-refractivity contribution in [1.29, 1.82) is 0 Å². The van der Waals surface area contributed by atoms with Crippen LogP contribution < -0.4 is 5.32 Å². The lowest BCUT2D eigenvalue weighted by Gasteiger charge is -2.18. The fraction of sp³-hybridized carbons (Fsp3) is 0.263. The number of carboxylic acids is 1. The first-order valence-corrected chi connectivity index (χ1v) is 7.85. The Morgan fingerprint density at radius 1 is 1.08 bits per heavy atom. The predicted molar refractivity (Wildman–Crippen MR) is 90.0 cm³/mol. The van der Waals surface area contributed by atoms with Crippen molar-refractivity contribution in [3.63, 3.8) is 0 Å². The number of carbonyl (C=O) groups excluding carboxylic acids is 1. The summed E-state index contributed by atoms with van der Waals surface area (Å²) in [5.74, 6) is -2.05. The van der Waals surface area contributed by atoms with Crippen LogP contribution in [0.3, 0.4) is 0 Å². The maximum absolute atomic E-state index is 13.1. The van der Waals surface area contributed by atoms with E-state index in [0.29, 0.717) is 0 Å². The first kappa shape index (κ1) is 19.5. The number of carboxylic acid groups (broad SMARTS) is 1. The molecule has 4 nitrogen and oxygen atoms in total. The van der Waals surface area contributed by atoms with Gasteiger partial charge in [-0.2, -0.15) is 13.2 Å². The maximum Gasteiger partial charge on any atom is 0.416 e. The van der Waals surface area contributed by atoms with Crippen LogP contribution in [-0.2, 0) is 17.4 Å². The van der Waals surface area contributed by atoms with E-state index in [1.165, 1.54) is 18.2 Å². The van der Waals surface area contributed by atoms with Crippen LogP contribution in [0, 0.1) is 13.8 Å². The third-order valence-electron chi connectivity index (χ3n) is 3.83. The third kappa shape index (κ3) is 4.84. The molecule has 0 radical (unpaired) electrons. The zero-order chi connectivity index (χ0) is 19.5. The maximum atomic E-state index is 13.1. The van der Waals surface area contributed by atoms with Crippen LogP contribution in [0.25, 0.3) is 0 Å². The highest BCUT2D eigenvalue weighted by Gasteiger charge is 2.34. The SMILES string of the molecule is Cc1cc(C)cc(C(=O)N[C@@H](Cc2ccccc2C(F)(F)F)C(=O)O)c1. The van der Waals surface area contributed by atoms with Crippen LogP contribution in [0.1, 0.15) is 32.6 Å². The molecule has 2 aromatic rings. The predicted octanol–water partition coefficient (Wildman–Crippen LogP) is 3.75. The van der Waals surface area contributed by atoms with Crippen molar-refractivity contribution in [1.82, 2.24) is 5.32 Å². The van der Waals surface area contributed by atoms with Crippen molar-refractivity contribution in [2.45, 2.75) is 32.5 Å². The molecule has 0 unspecified atom stereocenters. The molecule has 2 N–H and O–H groups in total. The first-order valence-electron chi connectivity index (χ1n) is 7.85. The molecule has 0 spiro atoms. The Hall–Kier alpha value is -2.83. The fourth-order valence-electron chi connectivity index (χ4n) is 2.74. The standard InChI is InChI=1S/C19H18F3NO3/c1-11-7-12(2)9-14(8-11)17(24)23-16(18(25)26)10-13-5-3-4-6-15(13)19(20,21)22/h3-9,16H,10H2,1-2H3,(H,23,24)(H,25,26)/t16-/m0/s1. The third-order valence-corrected chi connectivity index (χ3v) is 3.83. The van der Waals surface area contributed by atoms with Crippen molar-refractivity contribution < 1.29 is 27.9 Å². The average molecular weight is 365 g/mol. The zero-order valence-electron chi connectivity index (χ0n) is 14.2. The summed E-state index contributed by atoms with van der Waals surface area (Å²) in [6.45, 7) is 3.58. The Labute approximate surface area is 148 Å². The summed E-state index contributed by atoms with van der Waals surface area (Å²) < 4.78 is 39.2. The molecule has 0 heterocycles. The van der Waals surface area contributed by atoms with Gasteiger partial charge in [-0.15, -0.1) is 0 Å². The lowest BCUT2D eigenvalue weighted by Crippen LogP contribution is -2.42. The van der Waals surface area contributed by atoms with Gasteiger partial charge in [0, 0.05) is 12.0 Å². The van der Waals surface area contributed by atoms with Gasteiger partial charge in [-0.3, -0.25) is 4.79 Å². The van der Waals surface area contributed by atoms with Crippen LogP contribution in [0.2, 0.25) is 0 Å². The molecule has 0 aromatic heterocycles. The summed E-state index contributed by atoms with van der Waals surface area (Å²) in [5.41, 5.74) is 0.812. The molecule has 0 bridgehead atoms. The Morgan fingerprint density at radius 2 is 1.65 bits per heavy atom. The number of halogens is 3. The Balaban J connectivity index is 2.26. The van der Waals surface area contributed by atoms with Gasteiger partial charge in [0.15, 0.2) is 0 Å². The van der Waals surface area contributed by atoms with Gasteiger partial charge in [0.25, 0.3) is 5.91 Å². The second-order valence-corrected chi connectivity index (χ2v) is 6.10. The van der Waals surface area contributed by atoms with Crippen LogP contribution in [-0.4, -0.2) is 23.0 Å². The molecule has 2 rings (SSSR count). The summed E-state index contributed by atoms with van der Waals surface area (Å²) in [7, 11) is 0. The number of rotatable bonds is 5. The number of hydrogen-bond acceptors (Lipinski definition) is 2. The van der Waals surface area contributed by atoms with E-state index in [0.717, 1.165) is 17.2 Å². The molecule has 0 saturated heterocycles. The second kappa shape index (κ2) is 7.59. The monoisotopic (exact) mass is 365 g/mol. The van der Waals surface area contributed by atoms with E-state index in [1.807, 2.05) is 6.07 Å². The first-order chi connectivity index (χ1) is 12.1. The molecular weight excluding hydrogens is 347 g/mol. The highest BCUT2D eigenvalue weighted by Crippen LogP contribution is 2.32. The highest BCUT2D eigenvalue weighted by atomic mass is 19.4. The number of benzene rings is 2. The van der Waals surface area contributed by atoms with Gasteiger partial charge >= 0.3 is 12.1 Å². The van der Waals surface area contributed by atoms with Gasteiger partial charge in [-0.25, -0.2) is 4.79 Å². The van der Waals surface area contributed by atoms with Crippen molar-refractivity contribution >= 4 is 11.9 Å². The number of nitrogens with one attached hydrogen (secondary N) is 1. The zero-order valence-corrected chi connectivity index (χ0v) is 14.2. The number of amides is 1. The largest absolute Gasteiger partial charge is 0.480 e. The van der Waals surface area contributed by atoms with E-state index < -0.39 is 36.1 Å². The molecule has 1 atom stereocenters. The van der Waals surface area contributed by atoms with E-state index in [-0.39, 0.29) is 11.1 Å². The molecule has 0 saturated carbocycles. The Morgan fingerprint density at radius 3 is 2.19 bits per heavy atom. The van der Waals surface area contributed by atoms with Gasteiger partial charge in [0.05, 0.1) is 5.56 Å². The minimum Gasteiger partial charge on any atom is -0.480 e. The van der Waals surface area contributed by atoms with Crippen molar-refractivity contribution in [2.75, 3.05) is 0 Å². The lowest BCUT2D eigenvalue weighted by atomic mass is 9.99. The van der Waals surface area contributed by atoms with Gasteiger partial charge in [-0.05, 0) is 37.6 Å². The minimum atomic E-state index is -4.60. The number of aryl methyl sites for hydroxylation is 2. The quantitative estimate of drug-likeness (QED) is 0.848. The number of carbonyl (C=O) groups is 2. The summed E-state index contributed by atoms with van der Waals surface area (Å²) in [6, 6.07) is 8.28. The Bertz CT molecular complexity index is 811. The highest BCUT2D eigenvalue weighted by molar-refractivity contribution is 5.97. The molecule has 0 aliphatic heterocycles. The Kier molecular flexibility index (Phi) is 5.69. The molecule has 26 heavy (non-hydrogen) atoms. The van der Waals surface area contributed by atoms with E-state index in [4.69, 9.17) is 0 Å². The van der Waals surface area contributed by atoms with Crippen molar-refractivity contribution in [3.05, 3.63) is 70.3 Å². The molecule has 0 aliphatic carbocycles. The molecule has 2 aromatic carbocycles. The summed E-state index contributed by atoms with van der Waals surface area (Å²) in [6.07, 6.45) is -5.07. The van der Waals surface area contributed by atoms with Gasteiger partial charge in [0.2, 0.25) is 0 Å². The number of alkyl halides is 3. The fourth-order valence-corrected chi connectivity index (χ4v) is 2.74. The molecule has 0 fully saturated rings. The van der Waals surface area contributed by atoms with Gasteiger partial charge in [-0.1, -0.05) is 35.4 Å². The van der Waals surface area contributed by atoms with E-state index in [1.54, 1.807) is 26.0 Å². The van der Waals surface area contributed by atoms with Crippen LogP contribution in [0.15, 0.2) is 42.5 Å². The number of hydrogen-bond donors (Lipinski definition) is 2. The summed E-state index contributed by atoms with van der Waals surface area (Å²) in [4.78, 5) is 23.8. The topological polar surface area (TPSA) is 66.4 Å². The van der Waals surface area contributed by atoms with Gasteiger partial charge in [0.1, 0.15) is 6.04 Å². The van der Waals surface area contributed by atoms with Gasteiger partial charge < -0.3 is 10.4 Å². The van der Waals surface area contributed by atoms with Crippen molar-refractivity contribution in [2.24, 2.45) is 0 Å². The summed E-state index contributed by atoms with van der Waals surface area (Å²) in [5, 5.41) is 11.6. The number of aliphatic carboxylic acids is 1. The van der Waals surface area contributed by atoms with E-state index in [2.05, 4.69) is 5.32 Å². The molecule has 7 heteroatoms. The smallest absolute Gasteiger partial charge is 0.416 e. The summed E-state index contributed by atoms with van der Waals surface area (Å²) >= 11 is 0. The van der Waals surface area contributed by atoms with Crippen LogP contribution in [0.4, 0.5) is 13.2 Å². The molecule has 1 amide bonds. The normalized spacial score (nSPS) is 12.5. The van der Waals surface area contributed by atoms with E-state index >= 15 is 0 Å². The van der Waals surface area contributed by atoms with Crippen molar-refractivity contribution in [3.8, 4) is 0 Å². The van der Waals surface area contributed by atoms with Crippen LogP contribution >= 0.6 is 0 Å². The van der Waals surface area contributed by atoms with E-state index in [9.17, 15) is 27.9 Å². The molecular formula is C19H18F3NO3. The van der Waals surface area contributed by atoms with Crippen LogP contribution in [0.5, 0.6) is 0 Å². The minimum absolute atomic E-state index is 0.187. The molecule has 138 valence electrons. The lowest BCUT2D eigenvalue weighted by molar-refractivity contribution is -0.141. The average Bonchev–Trinajstić information content (AvgIpc) is 2.52. The molecule has 0 aliphatic rings. The second-order valence-electron chi connectivity index (χ2n) is 6.10.